The van der Waals surface area contributed by atoms with Crippen LogP contribution in [0.15, 0.2) is 78.9 Å². The van der Waals surface area contributed by atoms with E-state index >= 15 is 0 Å². The molecule has 1 amide bonds. The highest BCUT2D eigenvalue weighted by atomic mass is 16.5. The summed E-state index contributed by atoms with van der Waals surface area (Å²) in [6, 6.07) is 25.5. The van der Waals surface area contributed by atoms with Crippen molar-refractivity contribution in [2.24, 2.45) is 0 Å². The number of fused-ring (bicyclic) bond motifs is 1. The Labute approximate surface area is 186 Å². The van der Waals surface area contributed by atoms with Crippen LogP contribution in [0.2, 0.25) is 0 Å². The maximum absolute atomic E-state index is 12.8. The molecule has 4 aromatic rings. The van der Waals surface area contributed by atoms with Gasteiger partial charge in [-0.3, -0.25) is 4.79 Å². The second kappa shape index (κ2) is 8.23. The molecule has 1 atom stereocenters. The van der Waals surface area contributed by atoms with Gasteiger partial charge in [-0.15, -0.1) is 0 Å². The standard InChI is InChI=1S/C26H23N3O3/c1-31-19-14-12-18(13-15-19)29-26-24(25(28-29)17-8-4-3-5-9-17)21(16-23(30)27-26)20-10-6-7-11-22(20)32-2/h3-15,21H,16H2,1-2H3,(H,27,30)/t21-/m1/s1. The Morgan fingerprint density at radius 2 is 1.62 bits per heavy atom. The normalized spacial score (nSPS) is 15.1. The quantitative estimate of drug-likeness (QED) is 0.487. The molecule has 6 heteroatoms. The van der Waals surface area contributed by atoms with Gasteiger partial charge in [0, 0.05) is 29.0 Å². The molecule has 0 bridgehead atoms. The first kappa shape index (κ1) is 19.9. The van der Waals surface area contributed by atoms with Crippen LogP contribution in [-0.4, -0.2) is 29.9 Å². The number of hydrogen-bond donors (Lipinski definition) is 1. The average Bonchev–Trinajstić information content (AvgIpc) is 3.23. The molecule has 0 fully saturated rings. The number of nitrogens with one attached hydrogen (secondary N) is 1. The SMILES string of the molecule is COc1ccc(-n2nc(-c3ccccc3)c3c2NC(=O)C[C@@H]3c2ccccc2OC)cc1. The summed E-state index contributed by atoms with van der Waals surface area (Å²) in [6.07, 6.45) is 0.321. The number of methoxy groups -OCH3 is 2. The first-order valence-corrected chi connectivity index (χ1v) is 10.4. The molecule has 1 aromatic heterocycles. The molecule has 2 heterocycles. The van der Waals surface area contributed by atoms with Crippen molar-refractivity contribution in [2.75, 3.05) is 19.5 Å². The van der Waals surface area contributed by atoms with Gasteiger partial charge in [-0.2, -0.15) is 5.10 Å². The van der Waals surface area contributed by atoms with Crippen molar-refractivity contribution in [3.63, 3.8) is 0 Å². The molecular weight excluding hydrogens is 402 g/mol. The summed E-state index contributed by atoms with van der Waals surface area (Å²) in [5.74, 6) is 1.96. The Hall–Kier alpha value is -4.06. The minimum Gasteiger partial charge on any atom is -0.497 e. The van der Waals surface area contributed by atoms with Crippen LogP contribution in [0.3, 0.4) is 0 Å². The zero-order chi connectivity index (χ0) is 22.1. The fraction of sp³-hybridized carbons (Fsp3) is 0.154. The minimum atomic E-state index is -0.183. The molecule has 0 unspecified atom stereocenters. The van der Waals surface area contributed by atoms with Crippen LogP contribution in [0.1, 0.15) is 23.5 Å². The van der Waals surface area contributed by atoms with E-state index in [0.717, 1.165) is 39.6 Å². The van der Waals surface area contributed by atoms with Crippen molar-refractivity contribution >= 4 is 11.7 Å². The molecule has 0 radical (unpaired) electrons. The summed E-state index contributed by atoms with van der Waals surface area (Å²) in [6.45, 7) is 0. The van der Waals surface area contributed by atoms with Gasteiger partial charge < -0.3 is 14.8 Å². The lowest BCUT2D eigenvalue weighted by atomic mass is 9.84. The monoisotopic (exact) mass is 425 g/mol. The van der Waals surface area contributed by atoms with Crippen molar-refractivity contribution in [2.45, 2.75) is 12.3 Å². The predicted octanol–water partition coefficient (Wildman–Crippen LogP) is 5.03. The molecule has 0 spiro atoms. The molecule has 1 N–H and O–H groups in total. The summed E-state index contributed by atoms with van der Waals surface area (Å²) in [5.41, 5.74) is 4.62. The van der Waals surface area contributed by atoms with Crippen LogP contribution < -0.4 is 14.8 Å². The number of carbonyl (C=O) groups is 1. The van der Waals surface area contributed by atoms with Crippen LogP contribution in [0, 0.1) is 0 Å². The third-order valence-electron chi connectivity index (χ3n) is 5.80. The number of ether oxygens (including phenoxy) is 2. The zero-order valence-corrected chi connectivity index (χ0v) is 17.9. The van der Waals surface area contributed by atoms with E-state index < -0.39 is 0 Å². The molecule has 3 aromatic carbocycles. The number of anilines is 1. The second-order valence-corrected chi connectivity index (χ2v) is 7.63. The largest absolute Gasteiger partial charge is 0.497 e. The Kier molecular flexibility index (Phi) is 5.11. The number of benzene rings is 3. The molecule has 1 aliphatic rings. The van der Waals surface area contributed by atoms with Crippen molar-refractivity contribution in [1.29, 1.82) is 0 Å². The molecule has 6 nitrogen and oxygen atoms in total. The van der Waals surface area contributed by atoms with E-state index in [1.54, 1.807) is 18.9 Å². The minimum absolute atomic E-state index is 0.0531. The summed E-state index contributed by atoms with van der Waals surface area (Å²) >= 11 is 0. The molecule has 32 heavy (non-hydrogen) atoms. The molecular formula is C26H23N3O3. The molecule has 1 aliphatic heterocycles. The first-order valence-electron chi connectivity index (χ1n) is 10.4. The maximum atomic E-state index is 12.8. The van der Waals surface area contributed by atoms with Gasteiger partial charge in [-0.25, -0.2) is 4.68 Å². The molecule has 0 saturated heterocycles. The average molecular weight is 425 g/mol. The first-order chi connectivity index (χ1) is 15.7. The van der Waals surface area contributed by atoms with E-state index in [2.05, 4.69) is 5.32 Å². The van der Waals surface area contributed by atoms with E-state index in [4.69, 9.17) is 14.6 Å². The van der Waals surface area contributed by atoms with Crippen LogP contribution in [0.4, 0.5) is 5.82 Å². The number of para-hydroxylation sites is 1. The van der Waals surface area contributed by atoms with Gasteiger partial charge in [-0.05, 0) is 30.3 Å². The van der Waals surface area contributed by atoms with Crippen molar-refractivity contribution in [1.82, 2.24) is 9.78 Å². The molecule has 0 aliphatic carbocycles. The fourth-order valence-corrected chi connectivity index (χ4v) is 4.29. The maximum Gasteiger partial charge on any atom is 0.226 e. The summed E-state index contributed by atoms with van der Waals surface area (Å²) < 4.78 is 12.7. The number of rotatable bonds is 5. The van der Waals surface area contributed by atoms with E-state index in [1.807, 2.05) is 78.9 Å². The number of aromatic nitrogens is 2. The lowest BCUT2D eigenvalue weighted by molar-refractivity contribution is -0.116. The zero-order valence-electron chi connectivity index (χ0n) is 17.9. The highest BCUT2D eigenvalue weighted by Gasteiger charge is 2.35. The smallest absolute Gasteiger partial charge is 0.226 e. The number of amides is 1. The summed E-state index contributed by atoms with van der Waals surface area (Å²) in [7, 11) is 3.29. The Morgan fingerprint density at radius 3 is 2.34 bits per heavy atom. The third kappa shape index (κ3) is 3.39. The Balaban J connectivity index is 1.76. The molecule has 160 valence electrons. The van der Waals surface area contributed by atoms with Gasteiger partial charge in [0.15, 0.2) is 0 Å². The van der Waals surface area contributed by atoms with E-state index in [1.165, 1.54) is 0 Å². The van der Waals surface area contributed by atoms with Gasteiger partial charge in [0.25, 0.3) is 0 Å². The van der Waals surface area contributed by atoms with Crippen LogP contribution >= 0.6 is 0 Å². The van der Waals surface area contributed by atoms with Gasteiger partial charge in [0.05, 0.1) is 25.6 Å². The van der Waals surface area contributed by atoms with Crippen molar-refractivity contribution in [3.8, 4) is 28.4 Å². The van der Waals surface area contributed by atoms with Crippen LogP contribution in [0.5, 0.6) is 11.5 Å². The topological polar surface area (TPSA) is 65.4 Å². The Morgan fingerprint density at radius 1 is 0.906 bits per heavy atom. The summed E-state index contributed by atoms with van der Waals surface area (Å²) in [4.78, 5) is 12.8. The van der Waals surface area contributed by atoms with Gasteiger partial charge in [0.2, 0.25) is 5.91 Å². The summed E-state index contributed by atoms with van der Waals surface area (Å²) in [5, 5.41) is 8.05. The van der Waals surface area contributed by atoms with Crippen molar-refractivity contribution in [3.05, 3.63) is 90.0 Å². The highest BCUT2D eigenvalue weighted by molar-refractivity contribution is 5.96. The third-order valence-corrected chi connectivity index (χ3v) is 5.80. The van der Waals surface area contributed by atoms with Gasteiger partial charge in [-0.1, -0.05) is 48.5 Å². The van der Waals surface area contributed by atoms with Crippen LogP contribution in [-0.2, 0) is 4.79 Å². The molecule has 0 saturated carbocycles. The number of nitrogens with zero attached hydrogens (tertiary/aromatic N) is 2. The highest BCUT2D eigenvalue weighted by Crippen LogP contribution is 2.46. The number of hydrogen-bond acceptors (Lipinski definition) is 4. The fourth-order valence-electron chi connectivity index (χ4n) is 4.29. The van der Waals surface area contributed by atoms with E-state index in [0.29, 0.717) is 12.2 Å². The van der Waals surface area contributed by atoms with Gasteiger partial charge in [0.1, 0.15) is 17.3 Å². The Bertz CT molecular complexity index is 1260. The predicted molar refractivity (Wildman–Crippen MR) is 124 cm³/mol. The van der Waals surface area contributed by atoms with Crippen LogP contribution in [0.25, 0.3) is 16.9 Å². The lowest BCUT2D eigenvalue weighted by Gasteiger charge is -2.26. The lowest BCUT2D eigenvalue weighted by Crippen LogP contribution is -2.25. The van der Waals surface area contributed by atoms with Crippen molar-refractivity contribution < 1.29 is 14.3 Å². The van der Waals surface area contributed by atoms with E-state index in [9.17, 15) is 4.79 Å². The second-order valence-electron chi connectivity index (χ2n) is 7.63. The van der Waals surface area contributed by atoms with Gasteiger partial charge >= 0.3 is 0 Å². The number of carbonyl (C=O) groups excluding carboxylic acids is 1. The molecule has 5 rings (SSSR count). The van der Waals surface area contributed by atoms with E-state index in [-0.39, 0.29) is 11.8 Å².